The van der Waals surface area contributed by atoms with Gasteiger partial charge in [-0.05, 0) is 23.1 Å². The fourth-order valence-electron chi connectivity index (χ4n) is 2.01. The van der Waals surface area contributed by atoms with Crippen LogP contribution in [0.5, 0.6) is 0 Å². The molecule has 0 spiro atoms. The van der Waals surface area contributed by atoms with Crippen molar-refractivity contribution in [2.45, 2.75) is 25.3 Å². The normalized spacial score (nSPS) is 10.2. The first kappa shape index (κ1) is 14.6. The molecule has 2 rings (SSSR count). The summed E-state index contributed by atoms with van der Waals surface area (Å²) >= 11 is 5.79. The highest BCUT2D eigenvalue weighted by Crippen LogP contribution is 2.08. The minimum Gasteiger partial charge on any atom is -0.352 e. The summed E-state index contributed by atoms with van der Waals surface area (Å²) in [6, 6.07) is 18.0. The van der Waals surface area contributed by atoms with Crippen LogP contribution in [0.15, 0.2) is 54.6 Å². The SMILES string of the molecule is O=C(CCc1ccccc1)NCc1cccc(CCl)c1. The Morgan fingerprint density at radius 1 is 0.950 bits per heavy atom. The number of halogens is 1. The van der Waals surface area contributed by atoms with Crippen LogP contribution in [0.1, 0.15) is 23.1 Å². The van der Waals surface area contributed by atoms with Gasteiger partial charge in [-0.3, -0.25) is 4.79 Å². The molecule has 0 aliphatic heterocycles. The van der Waals surface area contributed by atoms with E-state index in [1.807, 2.05) is 54.6 Å². The van der Waals surface area contributed by atoms with Crippen LogP contribution in [0.2, 0.25) is 0 Å². The van der Waals surface area contributed by atoms with E-state index in [0.29, 0.717) is 18.8 Å². The average molecular weight is 288 g/mol. The van der Waals surface area contributed by atoms with Gasteiger partial charge in [0.2, 0.25) is 5.91 Å². The van der Waals surface area contributed by atoms with Crippen LogP contribution >= 0.6 is 11.6 Å². The highest BCUT2D eigenvalue weighted by atomic mass is 35.5. The molecule has 0 saturated heterocycles. The zero-order valence-corrected chi connectivity index (χ0v) is 12.1. The highest BCUT2D eigenvalue weighted by molar-refractivity contribution is 6.17. The summed E-state index contributed by atoms with van der Waals surface area (Å²) < 4.78 is 0. The maximum atomic E-state index is 11.8. The smallest absolute Gasteiger partial charge is 0.220 e. The van der Waals surface area contributed by atoms with Gasteiger partial charge in [0.1, 0.15) is 0 Å². The number of rotatable bonds is 6. The number of nitrogens with one attached hydrogen (secondary N) is 1. The van der Waals surface area contributed by atoms with Crippen molar-refractivity contribution in [3.63, 3.8) is 0 Å². The molecule has 0 aromatic heterocycles. The summed E-state index contributed by atoms with van der Waals surface area (Å²) in [6.45, 7) is 0.554. The fourth-order valence-corrected chi connectivity index (χ4v) is 2.18. The number of aryl methyl sites for hydroxylation is 1. The van der Waals surface area contributed by atoms with Gasteiger partial charge in [-0.2, -0.15) is 0 Å². The lowest BCUT2D eigenvalue weighted by atomic mass is 10.1. The van der Waals surface area contributed by atoms with Crippen LogP contribution in [-0.4, -0.2) is 5.91 Å². The van der Waals surface area contributed by atoms with Gasteiger partial charge in [0, 0.05) is 18.8 Å². The maximum Gasteiger partial charge on any atom is 0.220 e. The summed E-state index contributed by atoms with van der Waals surface area (Å²) in [5, 5.41) is 2.94. The average Bonchev–Trinajstić information content (AvgIpc) is 2.52. The van der Waals surface area contributed by atoms with E-state index in [0.717, 1.165) is 17.5 Å². The maximum absolute atomic E-state index is 11.8. The van der Waals surface area contributed by atoms with Gasteiger partial charge in [-0.25, -0.2) is 0 Å². The largest absolute Gasteiger partial charge is 0.352 e. The Morgan fingerprint density at radius 2 is 1.65 bits per heavy atom. The molecule has 0 fully saturated rings. The third kappa shape index (κ3) is 4.71. The molecule has 0 bridgehead atoms. The molecule has 2 aromatic carbocycles. The van der Waals surface area contributed by atoms with Gasteiger partial charge in [0.15, 0.2) is 0 Å². The first-order chi connectivity index (χ1) is 9.78. The fraction of sp³-hybridized carbons (Fsp3) is 0.235. The molecule has 0 aliphatic carbocycles. The number of carbonyl (C=O) groups is 1. The Morgan fingerprint density at radius 3 is 2.40 bits per heavy atom. The number of hydrogen-bond acceptors (Lipinski definition) is 1. The van der Waals surface area contributed by atoms with E-state index in [1.54, 1.807) is 0 Å². The van der Waals surface area contributed by atoms with Crippen LogP contribution in [0.4, 0.5) is 0 Å². The van der Waals surface area contributed by atoms with Crippen molar-refractivity contribution in [2.75, 3.05) is 0 Å². The van der Waals surface area contributed by atoms with Gasteiger partial charge in [0.05, 0.1) is 0 Å². The van der Waals surface area contributed by atoms with Crippen molar-refractivity contribution < 1.29 is 4.79 Å². The Labute approximate surface area is 124 Å². The Bertz CT molecular complexity index is 554. The summed E-state index contributed by atoms with van der Waals surface area (Å²) in [7, 11) is 0. The molecule has 1 N–H and O–H groups in total. The first-order valence-corrected chi connectivity index (χ1v) is 7.26. The summed E-state index contributed by atoms with van der Waals surface area (Å²) in [5.41, 5.74) is 3.34. The second-order valence-electron chi connectivity index (χ2n) is 4.72. The zero-order valence-electron chi connectivity index (χ0n) is 11.3. The molecule has 2 nitrogen and oxygen atoms in total. The Kier molecular flexibility index (Phi) is 5.63. The predicted molar refractivity (Wildman–Crippen MR) is 82.6 cm³/mol. The van der Waals surface area contributed by atoms with Gasteiger partial charge in [-0.15, -0.1) is 11.6 Å². The van der Waals surface area contributed by atoms with Crippen LogP contribution in [0.3, 0.4) is 0 Å². The Hall–Kier alpha value is -1.80. The van der Waals surface area contributed by atoms with Crippen molar-refractivity contribution in [3.8, 4) is 0 Å². The lowest BCUT2D eigenvalue weighted by molar-refractivity contribution is -0.121. The second kappa shape index (κ2) is 7.71. The predicted octanol–water partition coefficient (Wildman–Crippen LogP) is 3.67. The van der Waals surface area contributed by atoms with Crippen LogP contribution in [-0.2, 0) is 23.6 Å². The molecular weight excluding hydrogens is 270 g/mol. The number of benzene rings is 2. The van der Waals surface area contributed by atoms with E-state index in [4.69, 9.17) is 11.6 Å². The van der Waals surface area contributed by atoms with Crippen LogP contribution < -0.4 is 5.32 Å². The van der Waals surface area contributed by atoms with E-state index in [-0.39, 0.29) is 5.91 Å². The number of carbonyl (C=O) groups excluding carboxylic acids is 1. The molecule has 0 radical (unpaired) electrons. The van der Waals surface area contributed by atoms with Crippen molar-refractivity contribution in [1.29, 1.82) is 0 Å². The molecule has 0 aliphatic rings. The van der Waals surface area contributed by atoms with Crippen LogP contribution in [0.25, 0.3) is 0 Å². The summed E-state index contributed by atoms with van der Waals surface area (Å²) in [5.74, 6) is 0.570. The van der Waals surface area contributed by atoms with Crippen LogP contribution in [0, 0.1) is 0 Å². The summed E-state index contributed by atoms with van der Waals surface area (Å²) in [6.07, 6.45) is 1.29. The van der Waals surface area contributed by atoms with Crippen molar-refractivity contribution >= 4 is 17.5 Å². The first-order valence-electron chi connectivity index (χ1n) is 6.72. The highest BCUT2D eigenvalue weighted by Gasteiger charge is 2.02. The lowest BCUT2D eigenvalue weighted by Crippen LogP contribution is -2.23. The lowest BCUT2D eigenvalue weighted by Gasteiger charge is -2.06. The van der Waals surface area contributed by atoms with E-state index >= 15 is 0 Å². The molecule has 104 valence electrons. The van der Waals surface area contributed by atoms with E-state index in [1.165, 1.54) is 5.56 Å². The number of amides is 1. The monoisotopic (exact) mass is 287 g/mol. The third-order valence-electron chi connectivity index (χ3n) is 3.12. The van der Waals surface area contributed by atoms with Gasteiger partial charge in [0.25, 0.3) is 0 Å². The summed E-state index contributed by atoms with van der Waals surface area (Å²) in [4.78, 5) is 11.8. The van der Waals surface area contributed by atoms with Crippen molar-refractivity contribution in [2.24, 2.45) is 0 Å². The van der Waals surface area contributed by atoms with Gasteiger partial charge < -0.3 is 5.32 Å². The quantitative estimate of drug-likeness (QED) is 0.807. The van der Waals surface area contributed by atoms with E-state index in [9.17, 15) is 4.79 Å². The van der Waals surface area contributed by atoms with E-state index < -0.39 is 0 Å². The van der Waals surface area contributed by atoms with Gasteiger partial charge >= 0.3 is 0 Å². The molecule has 1 amide bonds. The third-order valence-corrected chi connectivity index (χ3v) is 3.43. The minimum atomic E-state index is 0.0742. The number of alkyl halides is 1. The second-order valence-corrected chi connectivity index (χ2v) is 4.98. The molecule has 0 heterocycles. The Balaban J connectivity index is 1.77. The number of hydrogen-bond donors (Lipinski definition) is 1. The van der Waals surface area contributed by atoms with Gasteiger partial charge in [-0.1, -0.05) is 54.6 Å². The van der Waals surface area contributed by atoms with Crippen molar-refractivity contribution in [1.82, 2.24) is 5.32 Å². The molecule has 20 heavy (non-hydrogen) atoms. The topological polar surface area (TPSA) is 29.1 Å². The molecule has 3 heteroatoms. The molecule has 0 unspecified atom stereocenters. The standard InChI is InChI=1S/C17H18ClNO/c18-12-15-7-4-8-16(11-15)13-19-17(20)10-9-14-5-2-1-3-6-14/h1-8,11H,9-10,12-13H2,(H,19,20). The molecule has 0 saturated carbocycles. The minimum absolute atomic E-state index is 0.0742. The molecule has 2 aromatic rings. The molecule has 0 atom stereocenters. The van der Waals surface area contributed by atoms with E-state index in [2.05, 4.69) is 5.32 Å². The zero-order chi connectivity index (χ0) is 14.2. The molecular formula is C17H18ClNO. The van der Waals surface area contributed by atoms with Crippen molar-refractivity contribution in [3.05, 3.63) is 71.3 Å².